The lowest BCUT2D eigenvalue weighted by atomic mass is 10.1. The number of anilines is 1. The van der Waals surface area contributed by atoms with Crippen LogP contribution in [-0.2, 0) is 25.7 Å². The minimum absolute atomic E-state index is 0.0757. The van der Waals surface area contributed by atoms with Gasteiger partial charge in [-0.2, -0.15) is 0 Å². The van der Waals surface area contributed by atoms with Crippen LogP contribution in [0.5, 0.6) is 0 Å². The van der Waals surface area contributed by atoms with Gasteiger partial charge < -0.3 is 35.7 Å². The van der Waals surface area contributed by atoms with Crippen molar-refractivity contribution in [2.24, 2.45) is 11.5 Å². The second kappa shape index (κ2) is 10.1. The third-order valence-electron chi connectivity index (χ3n) is 5.17. The lowest BCUT2D eigenvalue weighted by molar-refractivity contribution is -0.128. The Labute approximate surface area is 191 Å². The van der Waals surface area contributed by atoms with Crippen molar-refractivity contribution in [3.8, 4) is 0 Å². The van der Waals surface area contributed by atoms with E-state index in [-0.39, 0.29) is 24.9 Å². The molecule has 5 N–H and O–H groups in total. The summed E-state index contributed by atoms with van der Waals surface area (Å²) in [4.78, 5) is 42.1. The fraction of sp³-hybridized carbons (Fsp3) is 0.364. The number of amides is 3. The van der Waals surface area contributed by atoms with E-state index in [2.05, 4.69) is 10.3 Å². The number of carbonyl (C=O) groups is 3. The van der Waals surface area contributed by atoms with Gasteiger partial charge in [-0.1, -0.05) is 0 Å². The summed E-state index contributed by atoms with van der Waals surface area (Å²) in [6, 6.07) is 1.92. The van der Waals surface area contributed by atoms with E-state index in [1.807, 2.05) is 22.9 Å². The molecule has 0 aromatic carbocycles. The molecule has 1 aliphatic rings. The van der Waals surface area contributed by atoms with E-state index in [0.717, 1.165) is 18.4 Å². The molecule has 1 aliphatic carbocycles. The van der Waals surface area contributed by atoms with E-state index in [9.17, 15) is 14.4 Å². The molecule has 2 heterocycles. The van der Waals surface area contributed by atoms with Crippen molar-refractivity contribution in [2.75, 3.05) is 25.5 Å². The molecule has 11 nitrogen and oxygen atoms in total. The first-order valence-electron chi connectivity index (χ1n) is 10.4. The summed E-state index contributed by atoms with van der Waals surface area (Å²) in [5, 5.41) is 2.32. The van der Waals surface area contributed by atoms with Gasteiger partial charge in [0.15, 0.2) is 5.65 Å². The Morgan fingerprint density at radius 2 is 2.03 bits per heavy atom. The standard InChI is InChI=1S/C22H29N7O4/c1-14(23)19(7-20(24)25-12-30)33-11-17-9-28-8-16(15-4-5-15)6-18(22(28)26-17)29(13-31)10-21(32)27(2)3/h6-9,12-13,15H,4-5,10-11,23-24H2,1-3H3,(H,25,30)/b19-14+,20-7+. The van der Waals surface area contributed by atoms with Crippen molar-refractivity contribution in [3.05, 3.63) is 53.1 Å². The highest BCUT2D eigenvalue weighted by Crippen LogP contribution is 2.41. The van der Waals surface area contributed by atoms with Crippen molar-refractivity contribution in [2.45, 2.75) is 32.3 Å². The molecular formula is C22H29N7O4. The zero-order valence-electron chi connectivity index (χ0n) is 18.9. The van der Waals surface area contributed by atoms with Crippen LogP contribution in [0.15, 0.2) is 41.8 Å². The fourth-order valence-electron chi connectivity index (χ4n) is 3.21. The molecule has 0 aliphatic heterocycles. The lowest BCUT2D eigenvalue weighted by Crippen LogP contribution is -2.36. The summed E-state index contributed by atoms with van der Waals surface area (Å²) in [5.41, 5.74) is 14.7. The number of imidazole rings is 1. The van der Waals surface area contributed by atoms with Gasteiger partial charge in [-0.05, 0) is 37.3 Å². The second-order valence-corrected chi connectivity index (χ2v) is 8.12. The van der Waals surface area contributed by atoms with Crippen molar-refractivity contribution < 1.29 is 19.1 Å². The van der Waals surface area contributed by atoms with Gasteiger partial charge in [-0.3, -0.25) is 14.4 Å². The van der Waals surface area contributed by atoms with E-state index in [1.165, 1.54) is 15.9 Å². The number of nitrogens with two attached hydrogens (primary N) is 2. The SMILES string of the molecule is C/C(N)=C(/C=C(\N)NC=O)OCc1cn2cc(C3CC3)cc(N(C=O)CC(=O)N(C)C)c2n1. The van der Waals surface area contributed by atoms with Crippen LogP contribution in [0.2, 0.25) is 0 Å². The van der Waals surface area contributed by atoms with E-state index >= 15 is 0 Å². The maximum atomic E-state index is 12.3. The van der Waals surface area contributed by atoms with Crippen molar-refractivity contribution in [1.82, 2.24) is 19.6 Å². The molecule has 176 valence electrons. The molecule has 1 fully saturated rings. The van der Waals surface area contributed by atoms with Crippen molar-refractivity contribution in [3.63, 3.8) is 0 Å². The van der Waals surface area contributed by atoms with Gasteiger partial charge in [0, 0.05) is 38.3 Å². The van der Waals surface area contributed by atoms with Crippen LogP contribution in [0.3, 0.4) is 0 Å². The monoisotopic (exact) mass is 455 g/mol. The first-order valence-corrected chi connectivity index (χ1v) is 10.4. The Hall–Kier alpha value is -4.02. The van der Waals surface area contributed by atoms with Crippen LogP contribution >= 0.6 is 0 Å². The van der Waals surface area contributed by atoms with Crippen molar-refractivity contribution in [1.29, 1.82) is 0 Å². The van der Waals surface area contributed by atoms with Gasteiger partial charge in [0.1, 0.15) is 24.7 Å². The first kappa shape index (κ1) is 23.6. The summed E-state index contributed by atoms with van der Waals surface area (Å²) in [7, 11) is 3.28. The van der Waals surface area contributed by atoms with Gasteiger partial charge in [0.25, 0.3) is 0 Å². The number of likely N-dealkylation sites (N-methyl/N-ethyl adjacent to an activating group) is 1. The number of hydrogen-bond donors (Lipinski definition) is 3. The molecule has 0 unspecified atom stereocenters. The highest BCUT2D eigenvalue weighted by Gasteiger charge is 2.27. The molecule has 3 amide bonds. The summed E-state index contributed by atoms with van der Waals surface area (Å²) in [5.74, 6) is 0.613. The third-order valence-corrected chi connectivity index (χ3v) is 5.17. The van der Waals surface area contributed by atoms with Gasteiger partial charge >= 0.3 is 0 Å². The summed E-state index contributed by atoms with van der Waals surface area (Å²) in [6.45, 7) is 1.63. The van der Waals surface area contributed by atoms with Crippen LogP contribution in [0, 0.1) is 0 Å². The Balaban J connectivity index is 1.92. The van der Waals surface area contributed by atoms with Crippen LogP contribution < -0.4 is 21.7 Å². The van der Waals surface area contributed by atoms with Gasteiger partial charge in [0.05, 0.1) is 11.4 Å². The molecule has 11 heteroatoms. The molecule has 0 radical (unpaired) electrons. The fourth-order valence-corrected chi connectivity index (χ4v) is 3.21. The predicted molar refractivity (Wildman–Crippen MR) is 122 cm³/mol. The van der Waals surface area contributed by atoms with Crippen molar-refractivity contribution >= 4 is 30.1 Å². The molecule has 2 aromatic heterocycles. The Bertz CT molecular complexity index is 1110. The number of carbonyl (C=O) groups excluding carboxylic acids is 3. The topological polar surface area (TPSA) is 148 Å². The molecule has 0 spiro atoms. The number of fused-ring (bicyclic) bond motifs is 1. The molecule has 33 heavy (non-hydrogen) atoms. The third kappa shape index (κ3) is 5.82. The lowest BCUT2D eigenvalue weighted by Gasteiger charge is -2.20. The molecule has 1 saturated carbocycles. The van der Waals surface area contributed by atoms with E-state index in [4.69, 9.17) is 16.2 Å². The quantitative estimate of drug-likeness (QED) is 0.254. The normalized spacial score (nSPS) is 14.5. The predicted octanol–water partition coefficient (Wildman–Crippen LogP) is 0.516. The zero-order valence-corrected chi connectivity index (χ0v) is 18.9. The van der Waals surface area contributed by atoms with Crippen LogP contribution in [0.1, 0.15) is 36.9 Å². The number of ether oxygens (including phenoxy) is 1. The second-order valence-electron chi connectivity index (χ2n) is 8.12. The number of allylic oxidation sites excluding steroid dienone is 2. The molecule has 0 atom stereocenters. The highest BCUT2D eigenvalue weighted by molar-refractivity contribution is 5.92. The summed E-state index contributed by atoms with van der Waals surface area (Å²) in [6.07, 6.45) is 8.47. The minimum atomic E-state index is -0.200. The zero-order chi connectivity index (χ0) is 24.1. The number of pyridine rings is 1. The van der Waals surface area contributed by atoms with Crippen LogP contribution in [0.4, 0.5) is 5.69 Å². The van der Waals surface area contributed by atoms with Gasteiger partial charge in [-0.25, -0.2) is 4.98 Å². The minimum Gasteiger partial charge on any atom is -0.485 e. The Morgan fingerprint density at radius 1 is 1.30 bits per heavy atom. The molecule has 2 aromatic rings. The average Bonchev–Trinajstić information content (AvgIpc) is 3.53. The highest BCUT2D eigenvalue weighted by atomic mass is 16.5. The van der Waals surface area contributed by atoms with Crippen LogP contribution in [-0.4, -0.2) is 53.7 Å². The molecule has 0 bridgehead atoms. The summed E-state index contributed by atoms with van der Waals surface area (Å²) >= 11 is 0. The van der Waals surface area contributed by atoms with Gasteiger partial charge in [-0.15, -0.1) is 0 Å². The maximum absolute atomic E-state index is 12.3. The number of aromatic nitrogens is 2. The number of rotatable bonds is 11. The smallest absolute Gasteiger partial charge is 0.242 e. The Morgan fingerprint density at radius 3 is 2.61 bits per heavy atom. The number of hydrogen-bond acceptors (Lipinski definition) is 7. The summed E-state index contributed by atoms with van der Waals surface area (Å²) < 4.78 is 7.61. The van der Waals surface area contributed by atoms with Crippen LogP contribution in [0.25, 0.3) is 5.65 Å². The van der Waals surface area contributed by atoms with E-state index in [0.29, 0.717) is 47.2 Å². The molecule has 0 saturated heterocycles. The molecular weight excluding hydrogens is 426 g/mol. The average molecular weight is 456 g/mol. The maximum Gasteiger partial charge on any atom is 0.242 e. The van der Waals surface area contributed by atoms with E-state index < -0.39 is 0 Å². The first-order chi connectivity index (χ1) is 15.7. The number of nitrogens with one attached hydrogen (secondary N) is 1. The molecule has 3 rings (SSSR count). The van der Waals surface area contributed by atoms with E-state index in [1.54, 1.807) is 21.0 Å². The Kier molecular flexibility index (Phi) is 7.21. The number of nitrogens with zero attached hydrogens (tertiary/aromatic N) is 4. The largest absolute Gasteiger partial charge is 0.485 e. The van der Waals surface area contributed by atoms with Gasteiger partial charge in [0.2, 0.25) is 18.7 Å².